The Morgan fingerprint density at radius 2 is 1.85 bits per heavy atom. The molecule has 0 saturated heterocycles. The summed E-state index contributed by atoms with van der Waals surface area (Å²) in [4.78, 5) is 16.4. The molecule has 26 heavy (non-hydrogen) atoms. The summed E-state index contributed by atoms with van der Waals surface area (Å²) in [5.41, 5.74) is 2.26. The van der Waals surface area contributed by atoms with E-state index >= 15 is 0 Å². The number of aromatic amines is 1. The Hall–Kier alpha value is -3.15. The standard InChI is InChI=1S/C20H22N4O2/c1-26-17-10-7-15(8-11-17)9-12-20(25)21-14-19-22-18(23-24-19)13-16-5-3-2-4-6-16/h2-8,10-11H,9,12-14H2,1H3,(H,21,25)(H,22,23,24). The van der Waals surface area contributed by atoms with Crippen LogP contribution in [0, 0.1) is 0 Å². The number of ether oxygens (including phenoxy) is 1. The number of rotatable bonds is 8. The van der Waals surface area contributed by atoms with E-state index in [1.807, 2.05) is 54.6 Å². The summed E-state index contributed by atoms with van der Waals surface area (Å²) in [5.74, 6) is 2.18. The maximum Gasteiger partial charge on any atom is 0.220 e. The number of methoxy groups -OCH3 is 1. The van der Waals surface area contributed by atoms with Crippen molar-refractivity contribution in [2.45, 2.75) is 25.8 Å². The van der Waals surface area contributed by atoms with E-state index in [2.05, 4.69) is 20.5 Å². The first-order valence-electron chi connectivity index (χ1n) is 8.56. The zero-order valence-electron chi connectivity index (χ0n) is 14.7. The lowest BCUT2D eigenvalue weighted by Crippen LogP contribution is -2.23. The van der Waals surface area contributed by atoms with Crippen molar-refractivity contribution in [1.82, 2.24) is 20.5 Å². The monoisotopic (exact) mass is 350 g/mol. The minimum absolute atomic E-state index is 0.0122. The fraction of sp³-hybridized carbons (Fsp3) is 0.250. The number of amides is 1. The number of nitrogens with zero attached hydrogens (tertiary/aromatic N) is 2. The molecule has 0 aliphatic heterocycles. The second-order valence-corrected chi connectivity index (χ2v) is 5.99. The van der Waals surface area contributed by atoms with Gasteiger partial charge < -0.3 is 10.1 Å². The molecule has 2 N–H and O–H groups in total. The van der Waals surface area contributed by atoms with Gasteiger partial charge in [0.15, 0.2) is 5.82 Å². The quantitative estimate of drug-likeness (QED) is 0.654. The van der Waals surface area contributed by atoms with Crippen LogP contribution < -0.4 is 10.1 Å². The first kappa shape index (κ1) is 17.7. The van der Waals surface area contributed by atoms with Gasteiger partial charge in [0.2, 0.25) is 5.91 Å². The molecule has 0 aliphatic rings. The van der Waals surface area contributed by atoms with Crippen molar-refractivity contribution in [3.63, 3.8) is 0 Å². The third-order valence-electron chi connectivity index (χ3n) is 4.04. The highest BCUT2D eigenvalue weighted by atomic mass is 16.5. The second-order valence-electron chi connectivity index (χ2n) is 5.99. The van der Waals surface area contributed by atoms with Gasteiger partial charge in [0.1, 0.15) is 11.6 Å². The zero-order chi connectivity index (χ0) is 18.2. The van der Waals surface area contributed by atoms with Crippen molar-refractivity contribution < 1.29 is 9.53 Å². The van der Waals surface area contributed by atoms with Crippen molar-refractivity contribution in [2.75, 3.05) is 7.11 Å². The SMILES string of the molecule is COc1ccc(CCC(=O)NCc2nc(Cc3ccccc3)n[nH]2)cc1. The summed E-state index contributed by atoms with van der Waals surface area (Å²) < 4.78 is 5.13. The molecule has 6 heteroatoms. The van der Waals surface area contributed by atoms with Crippen molar-refractivity contribution in [3.05, 3.63) is 77.4 Å². The predicted octanol–water partition coefficient (Wildman–Crippen LogP) is 2.65. The van der Waals surface area contributed by atoms with Gasteiger partial charge in [-0.25, -0.2) is 4.98 Å². The van der Waals surface area contributed by atoms with Crippen LogP contribution in [0.2, 0.25) is 0 Å². The molecule has 0 bridgehead atoms. The first-order chi connectivity index (χ1) is 12.7. The van der Waals surface area contributed by atoms with Crippen LogP contribution in [0.15, 0.2) is 54.6 Å². The first-order valence-corrected chi connectivity index (χ1v) is 8.56. The summed E-state index contributed by atoms with van der Waals surface area (Å²) in [7, 11) is 1.64. The molecule has 0 spiro atoms. The number of aromatic nitrogens is 3. The van der Waals surface area contributed by atoms with Crippen LogP contribution in [0.4, 0.5) is 0 Å². The number of carbonyl (C=O) groups is 1. The topological polar surface area (TPSA) is 79.9 Å². The smallest absolute Gasteiger partial charge is 0.220 e. The number of H-pyrrole nitrogens is 1. The molecule has 1 heterocycles. The van der Waals surface area contributed by atoms with Gasteiger partial charge in [-0.05, 0) is 29.7 Å². The van der Waals surface area contributed by atoms with E-state index in [1.54, 1.807) is 7.11 Å². The molecule has 134 valence electrons. The fourth-order valence-corrected chi connectivity index (χ4v) is 2.59. The van der Waals surface area contributed by atoms with Crippen LogP contribution in [0.5, 0.6) is 5.75 Å². The molecule has 0 fully saturated rings. The maximum atomic E-state index is 12.0. The summed E-state index contributed by atoms with van der Waals surface area (Å²) >= 11 is 0. The molecule has 0 saturated carbocycles. The highest BCUT2D eigenvalue weighted by Gasteiger charge is 2.07. The summed E-state index contributed by atoms with van der Waals surface area (Å²) in [5, 5.41) is 9.95. The molecule has 6 nitrogen and oxygen atoms in total. The second kappa shape index (κ2) is 8.80. The number of carbonyl (C=O) groups excluding carboxylic acids is 1. The van der Waals surface area contributed by atoms with Crippen LogP contribution >= 0.6 is 0 Å². The fourth-order valence-electron chi connectivity index (χ4n) is 2.59. The average Bonchev–Trinajstić information content (AvgIpc) is 3.13. The van der Waals surface area contributed by atoms with E-state index in [9.17, 15) is 4.79 Å². The summed E-state index contributed by atoms with van der Waals surface area (Å²) in [6.45, 7) is 0.350. The third-order valence-corrected chi connectivity index (χ3v) is 4.04. The van der Waals surface area contributed by atoms with Crippen LogP contribution in [0.25, 0.3) is 0 Å². The summed E-state index contributed by atoms with van der Waals surface area (Å²) in [6, 6.07) is 17.8. The molecular weight excluding hydrogens is 328 g/mol. The lowest BCUT2D eigenvalue weighted by Gasteiger charge is -2.04. The predicted molar refractivity (Wildman–Crippen MR) is 98.8 cm³/mol. The largest absolute Gasteiger partial charge is 0.497 e. The van der Waals surface area contributed by atoms with Crippen LogP contribution in [0.3, 0.4) is 0 Å². The van der Waals surface area contributed by atoms with Gasteiger partial charge in [-0.15, -0.1) is 0 Å². The lowest BCUT2D eigenvalue weighted by molar-refractivity contribution is -0.121. The number of hydrogen-bond acceptors (Lipinski definition) is 4. The highest BCUT2D eigenvalue weighted by Crippen LogP contribution is 2.12. The minimum atomic E-state index is -0.0122. The molecule has 3 aromatic rings. The van der Waals surface area contributed by atoms with Gasteiger partial charge >= 0.3 is 0 Å². The Morgan fingerprint density at radius 3 is 2.58 bits per heavy atom. The maximum absolute atomic E-state index is 12.0. The number of nitrogens with one attached hydrogen (secondary N) is 2. The van der Waals surface area contributed by atoms with Gasteiger partial charge in [-0.2, -0.15) is 5.10 Å². The van der Waals surface area contributed by atoms with Crippen LogP contribution in [-0.4, -0.2) is 28.2 Å². The Morgan fingerprint density at radius 1 is 1.08 bits per heavy atom. The Bertz CT molecular complexity index is 829. The Balaban J connectivity index is 1.42. The molecule has 1 amide bonds. The van der Waals surface area contributed by atoms with Crippen molar-refractivity contribution in [2.24, 2.45) is 0 Å². The normalized spacial score (nSPS) is 10.5. The van der Waals surface area contributed by atoms with E-state index in [4.69, 9.17) is 4.74 Å². The van der Waals surface area contributed by atoms with Gasteiger partial charge in [-0.3, -0.25) is 9.89 Å². The molecular formula is C20H22N4O2. The van der Waals surface area contributed by atoms with E-state index in [1.165, 1.54) is 0 Å². The number of benzene rings is 2. The summed E-state index contributed by atoms with van der Waals surface area (Å²) in [6.07, 6.45) is 1.78. The van der Waals surface area contributed by atoms with Crippen molar-refractivity contribution in [3.8, 4) is 5.75 Å². The van der Waals surface area contributed by atoms with Crippen molar-refractivity contribution in [1.29, 1.82) is 0 Å². The third kappa shape index (κ3) is 5.17. The van der Waals surface area contributed by atoms with Gasteiger partial charge in [0.05, 0.1) is 13.7 Å². The number of hydrogen-bond donors (Lipinski definition) is 2. The molecule has 0 unspecified atom stereocenters. The lowest BCUT2D eigenvalue weighted by atomic mass is 10.1. The van der Waals surface area contributed by atoms with E-state index < -0.39 is 0 Å². The highest BCUT2D eigenvalue weighted by molar-refractivity contribution is 5.76. The van der Waals surface area contributed by atoms with Crippen LogP contribution in [-0.2, 0) is 24.2 Å². The minimum Gasteiger partial charge on any atom is -0.497 e. The number of aryl methyl sites for hydroxylation is 1. The van der Waals surface area contributed by atoms with E-state index in [-0.39, 0.29) is 5.91 Å². The average molecular weight is 350 g/mol. The van der Waals surface area contributed by atoms with Crippen molar-refractivity contribution >= 4 is 5.91 Å². The van der Waals surface area contributed by atoms with Crippen LogP contribution in [0.1, 0.15) is 29.2 Å². The zero-order valence-corrected chi connectivity index (χ0v) is 14.7. The molecule has 0 aliphatic carbocycles. The van der Waals surface area contributed by atoms with E-state index in [0.717, 1.165) is 22.7 Å². The molecule has 0 atom stereocenters. The molecule has 1 aromatic heterocycles. The van der Waals surface area contributed by atoms with Gasteiger partial charge in [-0.1, -0.05) is 42.5 Å². The molecule has 2 aromatic carbocycles. The Labute approximate surface area is 152 Å². The molecule has 3 rings (SSSR count). The van der Waals surface area contributed by atoms with E-state index in [0.29, 0.717) is 31.6 Å². The van der Waals surface area contributed by atoms with Gasteiger partial charge in [0, 0.05) is 12.8 Å². The Kier molecular flexibility index (Phi) is 5.98. The molecule has 0 radical (unpaired) electrons. The van der Waals surface area contributed by atoms with Gasteiger partial charge in [0.25, 0.3) is 0 Å².